The van der Waals surface area contributed by atoms with E-state index in [2.05, 4.69) is 13.5 Å². The first kappa shape index (κ1) is 15.3. The Morgan fingerprint density at radius 2 is 2.15 bits per heavy atom. The maximum Gasteiger partial charge on any atom is 0.309 e. The molecular formula is C17H26O3. The number of allylic oxidation sites excluding steroid dienone is 1. The summed E-state index contributed by atoms with van der Waals surface area (Å²) < 4.78 is 0. The molecule has 3 nitrogen and oxygen atoms in total. The molecule has 112 valence electrons. The minimum Gasteiger partial charge on any atom is -0.481 e. The number of carbonyl (C=O) groups is 2. The van der Waals surface area contributed by atoms with Crippen LogP contribution in [-0.2, 0) is 9.59 Å². The van der Waals surface area contributed by atoms with Crippen LogP contribution in [-0.4, -0.2) is 17.4 Å². The molecule has 0 amide bonds. The van der Waals surface area contributed by atoms with Gasteiger partial charge in [0.25, 0.3) is 0 Å². The van der Waals surface area contributed by atoms with Crippen molar-refractivity contribution in [2.45, 2.75) is 58.8 Å². The van der Waals surface area contributed by atoms with E-state index in [-0.39, 0.29) is 11.3 Å². The Morgan fingerprint density at radius 1 is 1.45 bits per heavy atom. The molecule has 20 heavy (non-hydrogen) atoms. The van der Waals surface area contributed by atoms with Gasteiger partial charge in [0.05, 0.1) is 5.41 Å². The van der Waals surface area contributed by atoms with E-state index < -0.39 is 11.4 Å². The van der Waals surface area contributed by atoms with Crippen molar-refractivity contribution in [2.24, 2.45) is 22.7 Å². The van der Waals surface area contributed by atoms with Gasteiger partial charge in [-0.3, -0.25) is 4.79 Å². The van der Waals surface area contributed by atoms with E-state index in [4.69, 9.17) is 0 Å². The van der Waals surface area contributed by atoms with Gasteiger partial charge in [-0.15, -0.1) is 0 Å². The molecule has 2 aliphatic carbocycles. The highest BCUT2D eigenvalue weighted by atomic mass is 16.4. The lowest BCUT2D eigenvalue weighted by molar-refractivity contribution is -0.164. The lowest BCUT2D eigenvalue weighted by atomic mass is 9.46. The molecule has 0 radical (unpaired) electrons. The molecule has 2 saturated carbocycles. The molecule has 0 bridgehead atoms. The lowest BCUT2D eigenvalue weighted by Gasteiger charge is -2.57. The number of carboxylic acids is 1. The van der Waals surface area contributed by atoms with Gasteiger partial charge in [-0.05, 0) is 56.3 Å². The van der Waals surface area contributed by atoms with Gasteiger partial charge in [0.1, 0.15) is 6.29 Å². The lowest BCUT2D eigenvalue weighted by Crippen LogP contribution is -2.53. The van der Waals surface area contributed by atoms with Crippen molar-refractivity contribution in [3.8, 4) is 0 Å². The van der Waals surface area contributed by atoms with Crippen molar-refractivity contribution in [3.05, 3.63) is 12.2 Å². The number of fused-ring (bicyclic) bond motifs is 1. The van der Waals surface area contributed by atoms with Crippen LogP contribution in [0.5, 0.6) is 0 Å². The molecule has 1 N–H and O–H groups in total. The minimum absolute atomic E-state index is 0.0102. The van der Waals surface area contributed by atoms with Gasteiger partial charge < -0.3 is 9.90 Å². The highest BCUT2D eigenvalue weighted by Gasteiger charge is 2.57. The van der Waals surface area contributed by atoms with E-state index in [1.807, 2.05) is 6.92 Å². The zero-order chi connectivity index (χ0) is 15.0. The van der Waals surface area contributed by atoms with Crippen molar-refractivity contribution < 1.29 is 14.7 Å². The predicted molar refractivity (Wildman–Crippen MR) is 78.4 cm³/mol. The third-order valence-electron chi connectivity index (χ3n) is 6.08. The van der Waals surface area contributed by atoms with Crippen LogP contribution in [0.4, 0.5) is 0 Å². The summed E-state index contributed by atoms with van der Waals surface area (Å²) in [5.41, 5.74) is 0.594. The van der Waals surface area contributed by atoms with Crippen molar-refractivity contribution in [2.75, 3.05) is 0 Å². The summed E-state index contributed by atoms with van der Waals surface area (Å²) >= 11 is 0. The Morgan fingerprint density at radius 3 is 2.75 bits per heavy atom. The van der Waals surface area contributed by atoms with Crippen LogP contribution in [0.3, 0.4) is 0 Å². The van der Waals surface area contributed by atoms with Gasteiger partial charge in [0, 0.05) is 6.42 Å². The molecule has 0 aromatic carbocycles. The number of rotatable bonds is 4. The molecule has 0 aromatic rings. The third kappa shape index (κ3) is 2.21. The molecule has 0 aliphatic heterocycles. The average Bonchev–Trinajstić information content (AvgIpc) is 2.37. The summed E-state index contributed by atoms with van der Waals surface area (Å²) in [6, 6.07) is 0. The van der Waals surface area contributed by atoms with Crippen LogP contribution in [0.15, 0.2) is 12.2 Å². The summed E-state index contributed by atoms with van der Waals surface area (Å²) in [6.45, 7) is 8.37. The van der Waals surface area contributed by atoms with E-state index >= 15 is 0 Å². The van der Waals surface area contributed by atoms with Crippen LogP contribution in [0.2, 0.25) is 0 Å². The molecule has 2 aliphatic rings. The number of aliphatic carboxylic acids is 1. The topological polar surface area (TPSA) is 54.4 Å². The monoisotopic (exact) mass is 278 g/mol. The van der Waals surface area contributed by atoms with Crippen LogP contribution in [0, 0.1) is 22.7 Å². The first-order chi connectivity index (χ1) is 9.36. The molecule has 2 rings (SSSR count). The van der Waals surface area contributed by atoms with Gasteiger partial charge in [0.15, 0.2) is 0 Å². The van der Waals surface area contributed by atoms with Crippen LogP contribution in [0.25, 0.3) is 0 Å². The molecule has 0 aromatic heterocycles. The molecule has 0 spiro atoms. The van der Waals surface area contributed by atoms with E-state index in [9.17, 15) is 14.7 Å². The number of carboxylic acid groups (broad SMARTS) is 1. The van der Waals surface area contributed by atoms with Crippen molar-refractivity contribution >= 4 is 12.3 Å². The largest absolute Gasteiger partial charge is 0.481 e. The third-order valence-corrected chi connectivity index (χ3v) is 6.08. The Hall–Kier alpha value is -1.12. The fourth-order valence-electron chi connectivity index (χ4n) is 4.97. The second-order valence-corrected chi connectivity index (χ2v) is 7.13. The van der Waals surface area contributed by atoms with Gasteiger partial charge in [-0.1, -0.05) is 25.5 Å². The number of hydrogen-bond acceptors (Lipinski definition) is 2. The standard InChI is InChI=1S/C17H26O3/c1-12-7-8-14-16(2,13(12)6-4-11-18)9-5-10-17(14,3)15(19)20/h11,13-14H,1,4-10H2,2-3H3,(H,19,20)/t13-,14?,16+,17-/m0/s1. The number of carbonyl (C=O) groups excluding carboxylic acids is 1. The number of hydrogen-bond donors (Lipinski definition) is 1. The highest BCUT2D eigenvalue weighted by Crippen LogP contribution is 2.61. The van der Waals surface area contributed by atoms with Gasteiger partial charge in [-0.25, -0.2) is 0 Å². The normalized spacial score (nSPS) is 41.0. The van der Waals surface area contributed by atoms with E-state index in [0.29, 0.717) is 12.3 Å². The molecular weight excluding hydrogens is 252 g/mol. The quantitative estimate of drug-likeness (QED) is 0.628. The summed E-state index contributed by atoms with van der Waals surface area (Å²) in [5, 5.41) is 9.70. The van der Waals surface area contributed by atoms with Gasteiger partial charge in [-0.2, -0.15) is 0 Å². The zero-order valence-corrected chi connectivity index (χ0v) is 12.7. The molecule has 4 atom stereocenters. The Balaban J connectivity index is 2.35. The molecule has 1 unspecified atom stereocenters. The molecule has 2 fully saturated rings. The predicted octanol–water partition coefficient (Wildman–Crippen LogP) is 3.83. The smallest absolute Gasteiger partial charge is 0.309 e. The summed E-state index contributed by atoms with van der Waals surface area (Å²) in [4.78, 5) is 22.5. The maximum absolute atomic E-state index is 11.8. The Labute approximate surface area is 121 Å². The first-order valence-corrected chi connectivity index (χ1v) is 7.71. The fourth-order valence-corrected chi connectivity index (χ4v) is 4.97. The van der Waals surface area contributed by atoms with E-state index in [1.54, 1.807) is 0 Å². The maximum atomic E-state index is 11.8. The van der Waals surface area contributed by atoms with E-state index in [0.717, 1.165) is 44.8 Å². The fraction of sp³-hybridized carbons (Fsp3) is 0.765. The van der Waals surface area contributed by atoms with Crippen molar-refractivity contribution in [3.63, 3.8) is 0 Å². The molecule has 0 saturated heterocycles. The SMILES string of the molecule is C=C1CCC2[C@](C)(CCC[C@]2(C)C(=O)O)[C@H]1CCC=O. The first-order valence-electron chi connectivity index (χ1n) is 7.71. The van der Waals surface area contributed by atoms with Crippen molar-refractivity contribution in [1.82, 2.24) is 0 Å². The Kier molecular flexibility index (Phi) is 4.08. The number of aldehydes is 1. The second-order valence-electron chi connectivity index (χ2n) is 7.13. The highest BCUT2D eigenvalue weighted by molar-refractivity contribution is 5.75. The molecule has 0 heterocycles. The van der Waals surface area contributed by atoms with Crippen molar-refractivity contribution in [1.29, 1.82) is 0 Å². The molecule has 3 heteroatoms. The minimum atomic E-state index is -0.657. The van der Waals surface area contributed by atoms with Gasteiger partial charge in [0.2, 0.25) is 0 Å². The van der Waals surface area contributed by atoms with Crippen LogP contribution >= 0.6 is 0 Å². The van der Waals surface area contributed by atoms with Crippen LogP contribution < -0.4 is 0 Å². The van der Waals surface area contributed by atoms with Gasteiger partial charge >= 0.3 is 5.97 Å². The average molecular weight is 278 g/mol. The summed E-state index contributed by atoms with van der Waals surface area (Å²) in [5.74, 6) is -0.163. The summed E-state index contributed by atoms with van der Waals surface area (Å²) in [6.07, 6.45) is 6.97. The summed E-state index contributed by atoms with van der Waals surface area (Å²) in [7, 11) is 0. The van der Waals surface area contributed by atoms with E-state index in [1.165, 1.54) is 5.57 Å². The zero-order valence-electron chi connectivity index (χ0n) is 12.7. The van der Waals surface area contributed by atoms with Crippen LogP contribution in [0.1, 0.15) is 58.8 Å². The second kappa shape index (κ2) is 5.34. The Bertz CT molecular complexity index is 428.